The van der Waals surface area contributed by atoms with Gasteiger partial charge in [0.1, 0.15) is 5.76 Å². The first-order valence-electron chi connectivity index (χ1n) is 8.20. The van der Waals surface area contributed by atoms with Crippen molar-refractivity contribution in [2.75, 3.05) is 5.75 Å². The maximum Gasteiger partial charge on any atom is 0.253 e. The number of fused-ring (bicyclic) bond motifs is 2. The molecule has 7 heteroatoms. The van der Waals surface area contributed by atoms with Gasteiger partial charge in [0.25, 0.3) is 5.78 Å². The van der Waals surface area contributed by atoms with Crippen LogP contribution >= 0.6 is 11.8 Å². The molecule has 0 amide bonds. The third kappa shape index (κ3) is 2.84. The number of furan rings is 1. The largest absolute Gasteiger partial charge is 0.469 e. The van der Waals surface area contributed by atoms with E-state index in [0.29, 0.717) is 29.3 Å². The second-order valence-corrected chi connectivity index (χ2v) is 7.05. The summed E-state index contributed by atoms with van der Waals surface area (Å²) in [6.45, 7) is 2.16. The van der Waals surface area contributed by atoms with Gasteiger partial charge in [-0.1, -0.05) is 25.1 Å². The van der Waals surface area contributed by atoms with Gasteiger partial charge in [0, 0.05) is 30.7 Å². The van der Waals surface area contributed by atoms with Crippen molar-refractivity contribution in [2.45, 2.75) is 43.7 Å². The average Bonchev–Trinajstić information content (AvgIpc) is 3.22. The molecule has 0 saturated carbocycles. The molecule has 3 aromatic rings. The van der Waals surface area contributed by atoms with Crippen molar-refractivity contribution in [1.29, 1.82) is 0 Å². The average molecular weight is 342 g/mol. The first kappa shape index (κ1) is 15.4. The van der Waals surface area contributed by atoms with Crippen LogP contribution in [0.15, 0.2) is 34.2 Å². The smallest absolute Gasteiger partial charge is 0.253 e. The van der Waals surface area contributed by atoms with Crippen LogP contribution in [0.5, 0.6) is 0 Å². The van der Waals surface area contributed by atoms with Crippen LogP contribution in [0.2, 0.25) is 0 Å². The zero-order valence-corrected chi connectivity index (χ0v) is 14.3. The summed E-state index contributed by atoms with van der Waals surface area (Å²) >= 11 is 1.63. The molecule has 3 heterocycles. The summed E-state index contributed by atoms with van der Waals surface area (Å²) in [5.41, 5.74) is 1.44. The van der Waals surface area contributed by atoms with E-state index in [9.17, 15) is 4.79 Å². The lowest BCUT2D eigenvalue weighted by molar-refractivity contribution is 0.0958. The van der Waals surface area contributed by atoms with E-state index in [4.69, 9.17) is 4.42 Å². The SMILES string of the molecule is CCCCSc1nc2nc3c(cn2n1)C(=O)C[C@@H](c1ccco1)C3. The van der Waals surface area contributed by atoms with Gasteiger partial charge in [-0.15, -0.1) is 5.10 Å². The second kappa shape index (κ2) is 6.39. The molecule has 1 aliphatic rings. The Labute approximate surface area is 143 Å². The first-order valence-corrected chi connectivity index (χ1v) is 9.19. The standard InChI is InChI=1S/C17H18N4O2S/c1-2-3-7-24-17-19-16-18-13-8-11(15-5-4-6-23-15)9-14(22)12(13)10-21(16)20-17/h4-6,10-11H,2-3,7-9H2,1H3/t11-/m0/s1. The summed E-state index contributed by atoms with van der Waals surface area (Å²) in [6.07, 6.45) is 6.83. The third-order valence-corrected chi connectivity index (χ3v) is 5.16. The topological polar surface area (TPSA) is 73.3 Å². The van der Waals surface area contributed by atoms with Gasteiger partial charge in [0.05, 0.1) is 17.5 Å². The lowest BCUT2D eigenvalue weighted by atomic mass is 9.85. The number of ketones is 1. The molecule has 0 unspecified atom stereocenters. The van der Waals surface area contributed by atoms with Crippen molar-refractivity contribution in [1.82, 2.24) is 19.6 Å². The minimum absolute atomic E-state index is 0.0521. The number of carbonyl (C=O) groups is 1. The van der Waals surface area contributed by atoms with Crippen LogP contribution in [0, 0.1) is 0 Å². The van der Waals surface area contributed by atoms with Crippen LogP contribution in [0.1, 0.15) is 53.9 Å². The molecule has 0 radical (unpaired) electrons. The van der Waals surface area contributed by atoms with Crippen LogP contribution in [0.4, 0.5) is 0 Å². The summed E-state index contributed by atoms with van der Waals surface area (Å²) in [5.74, 6) is 2.53. The normalized spacial score (nSPS) is 17.4. The number of Topliss-reactive ketones (excluding diaryl/α,β-unsaturated/α-hetero) is 1. The highest BCUT2D eigenvalue weighted by molar-refractivity contribution is 7.99. The Morgan fingerprint density at radius 3 is 3.08 bits per heavy atom. The number of unbranched alkanes of at least 4 members (excludes halogenated alkanes) is 1. The van der Waals surface area contributed by atoms with Gasteiger partial charge in [-0.25, -0.2) is 9.50 Å². The lowest BCUT2D eigenvalue weighted by Crippen LogP contribution is -2.21. The van der Waals surface area contributed by atoms with Gasteiger partial charge in [-0.2, -0.15) is 4.98 Å². The third-order valence-electron chi connectivity index (χ3n) is 4.24. The lowest BCUT2D eigenvalue weighted by Gasteiger charge is -2.20. The van der Waals surface area contributed by atoms with E-state index in [2.05, 4.69) is 22.0 Å². The molecule has 1 atom stereocenters. The molecule has 4 rings (SSSR count). The summed E-state index contributed by atoms with van der Waals surface area (Å²) < 4.78 is 7.09. The number of carbonyl (C=O) groups excluding carboxylic acids is 1. The van der Waals surface area contributed by atoms with Crippen molar-refractivity contribution >= 4 is 23.3 Å². The van der Waals surface area contributed by atoms with E-state index in [-0.39, 0.29) is 11.7 Å². The Bertz CT molecular complexity index is 872. The van der Waals surface area contributed by atoms with E-state index < -0.39 is 0 Å². The zero-order chi connectivity index (χ0) is 16.5. The van der Waals surface area contributed by atoms with E-state index in [1.165, 1.54) is 0 Å². The van der Waals surface area contributed by atoms with E-state index >= 15 is 0 Å². The molecule has 6 nitrogen and oxygen atoms in total. The minimum Gasteiger partial charge on any atom is -0.469 e. The highest BCUT2D eigenvalue weighted by Crippen LogP contribution is 2.32. The predicted molar refractivity (Wildman–Crippen MR) is 90.5 cm³/mol. The van der Waals surface area contributed by atoms with Gasteiger partial charge in [-0.3, -0.25) is 4.79 Å². The predicted octanol–water partition coefficient (Wildman–Crippen LogP) is 3.52. The fourth-order valence-electron chi connectivity index (χ4n) is 2.96. The molecule has 124 valence electrons. The number of hydrogen-bond acceptors (Lipinski definition) is 6. The highest BCUT2D eigenvalue weighted by Gasteiger charge is 2.30. The van der Waals surface area contributed by atoms with Gasteiger partial charge < -0.3 is 4.42 Å². The van der Waals surface area contributed by atoms with Crippen molar-refractivity contribution in [3.05, 3.63) is 41.6 Å². The van der Waals surface area contributed by atoms with Gasteiger partial charge in [-0.05, 0) is 18.6 Å². The molecule has 0 spiro atoms. The van der Waals surface area contributed by atoms with E-state index in [1.807, 2.05) is 12.1 Å². The Kier molecular flexibility index (Phi) is 4.10. The Morgan fingerprint density at radius 2 is 2.29 bits per heavy atom. The van der Waals surface area contributed by atoms with Crippen LogP contribution < -0.4 is 0 Å². The quantitative estimate of drug-likeness (QED) is 0.522. The fraction of sp³-hybridized carbons (Fsp3) is 0.412. The molecule has 3 aromatic heterocycles. The van der Waals surface area contributed by atoms with E-state index in [1.54, 1.807) is 28.7 Å². The minimum atomic E-state index is 0.0521. The van der Waals surface area contributed by atoms with Gasteiger partial charge in [0.2, 0.25) is 5.16 Å². The maximum absolute atomic E-state index is 12.5. The van der Waals surface area contributed by atoms with Crippen LogP contribution in [-0.4, -0.2) is 31.1 Å². The number of hydrogen-bond donors (Lipinski definition) is 0. The van der Waals surface area contributed by atoms with Crippen molar-refractivity contribution in [2.24, 2.45) is 0 Å². The molecule has 0 fully saturated rings. The molecule has 24 heavy (non-hydrogen) atoms. The molecular formula is C17H18N4O2S. The summed E-state index contributed by atoms with van der Waals surface area (Å²) in [4.78, 5) is 21.6. The van der Waals surface area contributed by atoms with Crippen molar-refractivity contribution in [3.8, 4) is 0 Å². The van der Waals surface area contributed by atoms with E-state index in [0.717, 1.165) is 30.0 Å². The Hall–Kier alpha value is -2.15. The highest BCUT2D eigenvalue weighted by atomic mass is 32.2. The number of rotatable bonds is 5. The summed E-state index contributed by atoms with van der Waals surface area (Å²) in [7, 11) is 0. The fourth-order valence-corrected chi connectivity index (χ4v) is 3.87. The number of thioether (sulfide) groups is 1. The molecule has 0 saturated heterocycles. The number of nitrogens with zero attached hydrogens (tertiary/aromatic N) is 4. The van der Waals surface area contributed by atoms with Crippen molar-refractivity contribution in [3.63, 3.8) is 0 Å². The van der Waals surface area contributed by atoms with Crippen LogP contribution in [-0.2, 0) is 6.42 Å². The Morgan fingerprint density at radius 1 is 1.38 bits per heavy atom. The van der Waals surface area contributed by atoms with Crippen LogP contribution in [0.3, 0.4) is 0 Å². The second-order valence-electron chi connectivity index (χ2n) is 5.99. The summed E-state index contributed by atoms with van der Waals surface area (Å²) in [6, 6.07) is 3.77. The molecular weight excluding hydrogens is 324 g/mol. The zero-order valence-electron chi connectivity index (χ0n) is 13.4. The Balaban J connectivity index is 1.64. The first-order chi connectivity index (χ1) is 11.7. The molecule has 0 aliphatic heterocycles. The molecule has 1 aliphatic carbocycles. The van der Waals surface area contributed by atoms with Gasteiger partial charge >= 0.3 is 0 Å². The van der Waals surface area contributed by atoms with Gasteiger partial charge in [0.15, 0.2) is 5.78 Å². The summed E-state index contributed by atoms with van der Waals surface area (Å²) in [5, 5.41) is 5.15. The molecule has 0 aromatic carbocycles. The van der Waals surface area contributed by atoms with Crippen LogP contribution in [0.25, 0.3) is 5.78 Å². The van der Waals surface area contributed by atoms with Crippen molar-refractivity contribution < 1.29 is 9.21 Å². The molecule has 0 N–H and O–H groups in total. The monoisotopic (exact) mass is 342 g/mol. The molecule has 0 bridgehead atoms. The maximum atomic E-state index is 12.5. The number of aromatic nitrogens is 4.